The van der Waals surface area contributed by atoms with Gasteiger partial charge < -0.3 is 10.4 Å². The van der Waals surface area contributed by atoms with Crippen LogP contribution in [0.25, 0.3) is 22.5 Å². The highest BCUT2D eigenvalue weighted by atomic mass is 35.5. The minimum atomic E-state index is -1.47. The summed E-state index contributed by atoms with van der Waals surface area (Å²) < 4.78 is 0. The first kappa shape index (κ1) is 27.9. The number of nitrogens with one attached hydrogen (secondary N) is 1. The van der Waals surface area contributed by atoms with Gasteiger partial charge >= 0.3 is 0 Å². The van der Waals surface area contributed by atoms with E-state index in [2.05, 4.69) is 15.5 Å². The Morgan fingerprint density at radius 1 is 0.825 bits per heavy atom. The smallest absolute Gasteiger partial charge is 0.243 e. The molecule has 40 heavy (non-hydrogen) atoms. The van der Waals surface area contributed by atoms with Crippen molar-refractivity contribution in [1.29, 1.82) is 0 Å². The lowest BCUT2D eigenvalue weighted by molar-refractivity contribution is -0.124. The second-order valence-corrected chi connectivity index (χ2v) is 10.6. The molecule has 0 aliphatic carbocycles. The van der Waals surface area contributed by atoms with Crippen LogP contribution in [-0.4, -0.2) is 32.0 Å². The van der Waals surface area contributed by atoms with E-state index in [1.54, 1.807) is 37.3 Å². The van der Waals surface area contributed by atoms with Crippen molar-refractivity contribution >= 4 is 40.7 Å². The number of hydrogen-bond donors (Lipinski definition) is 2. The Morgan fingerprint density at radius 2 is 1.38 bits per heavy atom. The van der Waals surface area contributed by atoms with E-state index in [1.165, 1.54) is 4.80 Å². The van der Waals surface area contributed by atoms with Crippen LogP contribution in [0.2, 0.25) is 15.1 Å². The Labute approximate surface area is 247 Å². The van der Waals surface area contributed by atoms with Gasteiger partial charge in [0.25, 0.3) is 0 Å². The van der Waals surface area contributed by atoms with Gasteiger partial charge in [-0.2, -0.15) is 15.0 Å². The number of amides is 1. The third-order valence-electron chi connectivity index (χ3n) is 6.68. The molecule has 0 spiro atoms. The number of benzene rings is 4. The second kappa shape index (κ2) is 11.8. The Hall–Kier alpha value is -3.68. The largest absolute Gasteiger partial charge is 0.378 e. The Bertz CT molecular complexity index is 1580. The van der Waals surface area contributed by atoms with E-state index in [4.69, 9.17) is 34.8 Å². The number of hydrogen-bond acceptors (Lipinski definition) is 4. The van der Waals surface area contributed by atoms with Crippen LogP contribution in [0.1, 0.15) is 18.1 Å². The highest BCUT2D eigenvalue weighted by molar-refractivity contribution is 6.36. The third-order valence-corrected chi connectivity index (χ3v) is 7.48. The number of aliphatic hydroxyl groups is 1. The van der Waals surface area contributed by atoms with Gasteiger partial charge in [0, 0.05) is 21.2 Å². The van der Waals surface area contributed by atoms with Crippen molar-refractivity contribution in [2.24, 2.45) is 0 Å². The predicted octanol–water partition coefficient (Wildman–Crippen LogP) is 7.01. The van der Waals surface area contributed by atoms with Gasteiger partial charge in [0.1, 0.15) is 23.5 Å². The maximum absolute atomic E-state index is 13.3. The highest BCUT2D eigenvalue weighted by Crippen LogP contribution is 2.36. The normalized spacial score (nSPS) is 12.2. The lowest BCUT2D eigenvalue weighted by Gasteiger charge is -2.35. The van der Waals surface area contributed by atoms with Gasteiger partial charge in [0.2, 0.25) is 5.91 Å². The van der Waals surface area contributed by atoms with E-state index in [0.717, 1.165) is 5.56 Å². The van der Waals surface area contributed by atoms with E-state index in [1.807, 2.05) is 72.8 Å². The highest BCUT2D eigenvalue weighted by Gasteiger charge is 2.38. The zero-order valence-corrected chi connectivity index (χ0v) is 23.7. The summed E-state index contributed by atoms with van der Waals surface area (Å²) in [5, 5.41) is 25.6. The number of carbonyl (C=O) groups is 1. The average Bonchev–Trinajstić information content (AvgIpc) is 3.36. The molecule has 1 heterocycles. The van der Waals surface area contributed by atoms with Crippen molar-refractivity contribution in [2.45, 2.75) is 25.1 Å². The molecule has 5 aromatic rings. The molecule has 6 nitrogen and oxygen atoms in total. The van der Waals surface area contributed by atoms with Crippen LogP contribution in [-0.2, 0) is 16.9 Å². The molecule has 1 atom stereocenters. The Kier molecular flexibility index (Phi) is 8.24. The number of rotatable bonds is 8. The minimum absolute atomic E-state index is 0.185. The van der Waals surface area contributed by atoms with Gasteiger partial charge in [0.15, 0.2) is 0 Å². The maximum Gasteiger partial charge on any atom is 0.243 e. The van der Waals surface area contributed by atoms with Crippen molar-refractivity contribution in [1.82, 2.24) is 20.3 Å². The molecule has 1 aromatic heterocycles. The quantitative estimate of drug-likeness (QED) is 0.203. The van der Waals surface area contributed by atoms with Crippen molar-refractivity contribution in [2.75, 3.05) is 0 Å². The van der Waals surface area contributed by atoms with E-state index >= 15 is 0 Å². The summed E-state index contributed by atoms with van der Waals surface area (Å²) in [7, 11) is 0. The summed E-state index contributed by atoms with van der Waals surface area (Å²) >= 11 is 18.7. The van der Waals surface area contributed by atoms with Gasteiger partial charge in [-0.25, -0.2) is 0 Å². The molecule has 0 radical (unpaired) electrons. The van der Waals surface area contributed by atoms with Crippen LogP contribution in [0, 0.1) is 0 Å². The van der Waals surface area contributed by atoms with Crippen LogP contribution in [0.5, 0.6) is 0 Å². The Balaban J connectivity index is 1.45. The van der Waals surface area contributed by atoms with Crippen molar-refractivity contribution in [3.63, 3.8) is 0 Å². The molecule has 1 amide bonds. The fourth-order valence-corrected chi connectivity index (χ4v) is 5.28. The Morgan fingerprint density at radius 3 is 1.95 bits per heavy atom. The molecule has 4 aromatic carbocycles. The van der Waals surface area contributed by atoms with Crippen LogP contribution in [0.15, 0.2) is 103 Å². The summed E-state index contributed by atoms with van der Waals surface area (Å²) in [5.74, 6) is -0.371. The van der Waals surface area contributed by atoms with Crippen molar-refractivity contribution < 1.29 is 9.90 Å². The topological polar surface area (TPSA) is 80.0 Å². The molecule has 0 aliphatic heterocycles. The van der Waals surface area contributed by atoms with Crippen LogP contribution in [0.3, 0.4) is 0 Å². The SMILES string of the molecule is C[C@H](NC(=O)Cn1nc(-c2ccc(Cl)cc2)c(-c2ccc(Cl)cc2Cl)n1)C(O)(c1ccccc1)c1ccccc1. The molecular weight excluding hydrogens is 567 g/mol. The van der Waals surface area contributed by atoms with Crippen LogP contribution >= 0.6 is 34.8 Å². The molecule has 0 fully saturated rings. The molecule has 0 unspecified atom stereocenters. The van der Waals surface area contributed by atoms with Crippen molar-refractivity contribution in [3.05, 3.63) is 129 Å². The monoisotopic (exact) mass is 590 g/mol. The summed E-state index contributed by atoms with van der Waals surface area (Å²) in [5.41, 5.74) is 2.27. The van der Waals surface area contributed by atoms with E-state index in [0.29, 0.717) is 43.1 Å². The first-order chi connectivity index (χ1) is 19.3. The van der Waals surface area contributed by atoms with E-state index in [9.17, 15) is 9.90 Å². The average molecular weight is 592 g/mol. The maximum atomic E-state index is 13.3. The van der Waals surface area contributed by atoms with E-state index in [-0.39, 0.29) is 12.5 Å². The third kappa shape index (κ3) is 5.76. The lowest BCUT2D eigenvalue weighted by atomic mass is 9.81. The number of halogens is 3. The van der Waals surface area contributed by atoms with E-state index < -0.39 is 11.6 Å². The van der Waals surface area contributed by atoms with Gasteiger partial charge in [-0.1, -0.05) is 108 Å². The molecule has 2 N–H and O–H groups in total. The van der Waals surface area contributed by atoms with Crippen LogP contribution < -0.4 is 5.32 Å². The fraction of sp³-hybridized carbons (Fsp3) is 0.129. The standard InChI is InChI=1S/C31H25Cl3N4O2/c1-20(31(40,22-8-4-2-5-9-22)23-10-6-3-7-11-23)35-28(39)19-38-36-29(21-12-14-24(32)15-13-21)30(37-38)26-17-16-25(33)18-27(26)34/h2-18,20,40H,19H2,1H3,(H,35,39)/t20-/m0/s1. The molecule has 0 aliphatic rings. The van der Waals surface area contributed by atoms with Gasteiger partial charge in [-0.15, -0.1) is 0 Å². The molecule has 0 bridgehead atoms. The number of carbonyl (C=O) groups excluding carboxylic acids is 1. The summed E-state index contributed by atoms with van der Waals surface area (Å²) in [6.45, 7) is 1.59. The number of nitrogens with zero attached hydrogens (tertiary/aromatic N) is 3. The fourth-order valence-electron chi connectivity index (χ4n) is 4.65. The molecule has 0 saturated heterocycles. The minimum Gasteiger partial charge on any atom is -0.378 e. The molecule has 5 rings (SSSR count). The molecule has 202 valence electrons. The molecule has 0 saturated carbocycles. The van der Waals surface area contributed by atoms with Gasteiger partial charge in [-0.3, -0.25) is 4.79 Å². The number of aromatic nitrogens is 3. The van der Waals surface area contributed by atoms with Crippen molar-refractivity contribution in [3.8, 4) is 22.5 Å². The zero-order chi connectivity index (χ0) is 28.3. The van der Waals surface area contributed by atoms with Crippen LogP contribution in [0.4, 0.5) is 0 Å². The summed E-state index contributed by atoms with van der Waals surface area (Å²) in [6, 6.07) is 30.1. The molecular formula is C31H25Cl3N4O2. The van der Waals surface area contributed by atoms with Gasteiger partial charge in [-0.05, 0) is 48.4 Å². The lowest BCUT2D eigenvalue weighted by Crippen LogP contribution is -2.50. The summed E-state index contributed by atoms with van der Waals surface area (Å²) in [4.78, 5) is 14.6. The van der Waals surface area contributed by atoms with Gasteiger partial charge in [0.05, 0.1) is 11.1 Å². The predicted molar refractivity (Wildman–Crippen MR) is 159 cm³/mol. The summed E-state index contributed by atoms with van der Waals surface area (Å²) in [6.07, 6.45) is 0. The first-order valence-corrected chi connectivity index (χ1v) is 13.7. The molecule has 9 heteroatoms. The second-order valence-electron chi connectivity index (χ2n) is 9.35. The zero-order valence-electron chi connectivity index (χ0n) is 21.4. The first-order valence-electron chi connectivity index (χ1n) is 12.5.